The summed E-state index contributed by atoms with van der Waals surface area (Å²) in [6.07, 6.45) is 3.64. The monoisotopic (exact) mass is 335 g/mol. The molecule has 132 valence electrons. The van der Waals surface area contributed by atoms with Crippen LogP contribution in [0, 0.1) is 11.3 Å². The fourth-order valence-corrected chi connectivity index (χ4v) is 2.84. The smallest absolute Gasteiger partial charge is 0.279 e. The van der Waals surface area contributed by atoms with Gasteiger partial charge in [-0.2, -0.15) is 0 Å². The first-order valence-electron chi connectivity index (χ1n) is 8.10. The van der Waals surface area contributed by atoms with Gasteiger partial charge in [0, 0.05) is 32.3 Å². The molecule has 0 bridgehead atoms. The first-order chi connectivity index (χ1) is 11.3. The van der Waals surface area contributed by atoms with Crippen LogP contribution in [0.3, 0.4) is 0 Å². The zero-order valence-corrected chi connectivity index (χ0v) is 14.4. The maximum Gasteiger partial charge on any atom is 0.279 e. The summed E-state index contributed by atoms with van der Waals surface area (Å²) in [4.78, 5) is 31.4. The second kappa shape index (κ2) is 7.12. The Kier molecular flexibility index (Phi) is 5.38. The Hall–Kier alpha value is -2.22. The summed E-state index contributed by atoms with van der Waals surface area (Å²) in [5.74, 6) is -0.471. The molecule has 0 unspecified atom stereocenters. The van der Waals surface area contributed by atoms with Crippen LogP contribution in [0.25, 0.3) is 0 Å². The van der Waals surface area contributed by atoms with Crippen LogP contribution in [-0.4, -0.2) is 71.1 Å². The summed E-state index contributed by atoms with van der Waals surface area (Å²) >= 11 is 0. The molecule has 2 aliphatic rings. The van der Waals surface area contributed by atoms with E-state index in [1.54, 1.807) is 11.9 Å². The Labute approximate surface area is 141 Å². The fraction of sp³-hybridized carbons (Fsp3) is 0.625. The van der Waals surface area contributed by atoms with Crippen molar-refractivity contribution in [2.75, 3.05) is 26.7 Å². The third kappa shape index (κ3) is 3.81. The van der Waals surface area contributed by atoms with Gasteiger partial charge in [-0.15, -0.1) is 0 Å². The predicted octanol–water partition coefficient (Wildman–Crippen LogP) is -0.0530. The van der Waals surface area contributed by atoms with Crippen molar-refractivity contribution in [1.29, 1.82) is 5.41 Å². The van der Waals surface area contributed by atoms with E-state index in [9.17, 15) is 14.7 Å². The minimum absolute atomic E-state index is 0.0649. The van der Waals surface area contributed by atoms with Crippen molar-refractivity contribution in [1.82, 2.24) is 15.1 Å². The Morgan fingerprint density at radius 2 is 2.12 bits per heavy atom. The highest BCUT2D eigenvalue weighted by atomic mass is 16.3. The number of nitrogens with zero attached hydrogens (tertiary/aromatic N) is 3. The van der Waals surface area contributed by atoms with Crippen LogP contribution in [0.5, 0.6) is 0 Å². The lowest BCUT2D eigenvalue weighted by atomic mass is 9.90. The van der Waals surface area contributed by atoms with E-state index in [0.717, 1.165) is 0 Å². The van der Waals surface area contributed by atoms with E-state index in [2.05, 4.69) is 10.3 Å². The fourth-order valence-electron chi connectivity index (χ4n) is 2.84. The first-order valence-corrected chi connectivity index (χ1v) is 8.10. The molecule has 1 saturated heterocycles. The molecule has 0 aromatic rings. The molecule has 2 aliphatic heterocycles. The van der Waals surface area contributed by atoms with Gasteiger partial charge in [0.15, 0.2) is 0 Å². The van der Waals surface area contributed by atoms with Crippen LogP contribution in [0.4, 0.5) is 0 Å². The van der Waals surface area contributed by atoms with Crippen molar-refractivity contribution in [3.8, 4) is 0 Å². The van der Waals surface area contributed by atoms with Gasteiger partial charge in [-0.25, -0.2) is 4.99 Å². The maximum atomic E-state index is 12.3. The lowest BCUT2D eigenvalue weighted by Crippen LogP contribution is -2.54. The number of aliphatic imine (C=N–C) groups is 1. The molecule has 1 fully saturated rings. The summed E-state index contributed by atoms with van der Waals surface area (Å²) in [7, 11) is 1.67. The van der Waals surface area contributed by atoms with Crippen molar-refractivity contribution < 1.29 is 14.7 Å². The first kappa shape index (κ1) is 18.1. The van der Waals surface area contributed by atoms with E-state index in [0.29, 0.717) is 25.9 Å². The van der Waals surface area contributed by atoms with Gasteiger partial charge in [-0.1, -0.05) is 13.8 Å². The number of β-amino-alcohol motifs (C(OH)–C–C–N with tert-alkyl or cyclic N) is 1. The molecule has 0 atom stereocenters. The van der Waals surface area contributed by atoms with Gasteiger partial charge in [0.05, 0.1) is 18.5 Å². The topological polar surface area (TPSA) is 109 Å². The van der Waals surface area contributed by atoms with Crippen LogP contribution in [0.2, 0.25) is 0 Å². The molecule has 8 nitrogen and oxygen atoms in total. The second-order valence-electron chi connectivity index (χ2n) is 6.58. The van der Waals surface area contributed by atoms with Gasteiger partial charge in [-0.05, 0) is 12.8 Å². The van der Waals surface area contributed by atoms with Crippen LogP contribution >= 0.6 is 0 Å². The molecular weight excluding hydrogens is 310 g/mol. The minimum atomic E-state index is -1.07. The second-order valence-corrected chi connectivity index (χ2v) is 6.58. The Bertz CT molecular complexity index is 589. The zero-order chi connectivity index (χ0) is 17.9. The standard InChI is InChI=1S/C16H25N5O3/c1-11(2)14(22)20-6-4-16(24,5-7-20)9-21-10-19-12(8-18-3)13(17)15(21)23/h8,10-11,17-18,24H,4-7,9H2,1-3H3/b12-8+,17-13?. The van der Waals surface area contributed by atoms with E-state index < -0.39 is 11.5 Å². The number of piperidine rings is 1. The molecule has 0 aromatic heterocycles. The molecule has 8 heteroatoms. The third-order valence-electron chi connectivity index (χ3n) is 4.31. The van der Waals surface area contributed by atoms with E-state index >= 15 is 0 Å². The lowest BCUT2D eigenvalue weighted by molar-refractivity contribution is -0.140. The molecule has 3 N–H and O–H groups in total. The number of hydrogen-bond acceptors (Lipinski definition) is 6. The van der Waals surface area contributed by atoms with E-state index in [1.165, 1.54) is 17.4 Å². The molecule has 0 radical (unpaired) electrons. The zero-order valence-electron chi connectivity index (χ0n) is 14.4. The number of nitrogens with one attached hydrogen (secondary N) is 2. The van der Waals surface area contributed by atoms with E-state index in [1.807, 2.05) is 13.8 Å². The Balaban J connectivity index is 2.00. The molecule has 2 amide bonds. The average molecular weight is 335 g/mol. The van der Waals surface area contributed by atoms with Crippen LogP contribution in [-0.2, 0) is 9.59 Å². The van der Waals surface area contributed by atoms with Gasteiger partial charge in [-0.3, -0.25) is 19.9 Å². The molecule has 2 rings (SSSR count). The van der Waals surface area contributed by atoms with Gasteiger partial charge < -0.3 is 15.3 Å². The SMILES string of the molecule is CN/C=C1/N=CN(CC2(O)CCN(C(=O)C(C)C)CC2)C(=O)C1=N. The molecule has 2 heterocycles. The summed E-state index contributed by atoms with van der Waals surface area (Å²) < 4.78 is 0. The number of likely N-dealkylation sites (tertiary alicyclic amines) is 1. The van der Waals surface area contributed by atoms with E-state index in [-0.39, 0.29) is 29.8 Å². The summed E-state index contributed by atoms with van der Waals surface area (Å²) in [5.41, 5.74) is -1.01. The van der Waals surface area contributed by atoms with Crippen molar-refractivity contribution in [3.05, 3.63) is 11.9 Å². The minimum Gasteiger partial charge on any atom is -0.392 e. The van der Waals surface area contributed by atoms with Gasteiger partial charge in [0.2, 0.25) is 5.91 Å². The molecule has 0 saturated carbocycles. The van der Waals surface area contributed by atoms with Crippen LogP contribution in [0.15, 0.2) is 16.9 Å². The number of carbonyl (C=O) groups excluding carboxylic acids is 2. The number of amides is 2. The van der Waals surface area contributed by atoms with Crippen molar-refractivity contribution >= 4 is 23.9 Å². The largest absolute Gasteiger partial charge is 0.392 e. The number of aliphatic hydroxyl groups is 1. The van der Waals surface area contributed by atoms with Crippen LogP contribution in [0.1, 0.15) is 26.7 Å². The molecule has 0 aromatic carbocycles. The average Bonchev–Trinajstić information content (AvgIpc) is 2.54. The summed E-state index contributed by atoms with van der Waals surface area (Å²) in [6.45, 7) is 4.72. The van der Waals surface area contributed by atoms with Crippen molar-refractivity contribution in [2.45, 2.75) is 32.3 Å². The highest BCUT2D eigenvalue weighted by molar-refractivity contribution is 6.46. The molecular formula is C16H25N5O3. The van der Waals surface area contributed by atoms with Gasteiger partial charge in [0.25, 0.3) is 5.91 Å². The summed E-state index contributed by atoms with van der Waals surface area (Å²) in [6, 6.07) is 0. The maximum absolute atomic E-state index is 12.3. The molecule has 24 heavy (non-hydrogen) atoms. The van der Waals surface area contributed by atoms with Crippen molar-refractivity contribution in [3.63, 3.8) is 0 Å². The number of hydrogen-bond donors (Lipinski definition) is 3. The molecule has 0 spiro atoms. The quantitative estimate of drug-likeness (QED) is 0.669. The predicted molar refractivity (Wildman–Crippen MR) is 90.7 cm³/mol. The van der Waals surface area contributed by atoms with E-state index in [4.69, 9.17) is 5.41 Å². The van der Waals surface area contributed by atoms with Crippen LogP contribution < -0.4 is 5.32 Å². The lowest BCUT2D eigenvalue weighted by Gasteiger charge is -2.41. The third-order valence-corrected chi connectivity index (χ3v) is 4.31. The van der Waals surface area contributed by atoms with Gasteiger partial charge >= 0.3 is 0 Å². The molecule has 0 aliphatic carbocycles. The highest BCUT2D eigenvalue weighted by Gasteiger charge is 2.38. The highest BCUT2D eigenvalue weighted by Crippen LogP contribution is 2.25. The Morgan fingerprint density at radius 3 is 2.67 bits per heavy atom. The van der Waals surface area contributed by atoms with Gasteiger partial charge in [0.1, 0.15) is 11.4 Å². The van der Waals surface area contributed by atoms with Crippen molar-refractivity contribution in [2.24, 2.45) is 10.9 Å². The summed E-state index contributed by atoms with van der Waals surface area (Å²) in [5, 5.41) is 21.3. The number of rotatable bonds is 4. The Morgan fingerprint density at radius 1 is 1.50 bits per heavy atom. The normalized spacial score (nSPS) is 22.5. The number of carbonyl (C=O) groups is 2.